The van der Waals surface area contributed by atoms with Crippen molar-refractivity contribution >= 4 is 0 Å². The zero-order valence-corrected chi connectivity index (χ0v) is 7.78. The fourth-order valence-electron chi connectivity index (χ4n) is 1.65. The van der Waals surface area contributed by atoms with Gasteiger partial charge >= 0.3 is 0 Å². The van der Waals surface area contributed by atoms with Crippen molar-refractivity contribution in [2.24, 2.45) is 0 Å². The Hall–Kier alpha value is -1.06. The highest BCUT2D eigenvalue weighted by molar-refractivity contribution is 5.40. The van der Waals surface area contributed by atoms with Crippen molar-refractivity contribution in [1.29, 1.82) is 0 Å². The molecule has 70 valence electrons. The highest BCUT2D eigenvalue weighted by atomic mass is 16.6. The molecule has 0 spiro atoms. The number of rotatable bonds is 2. The lowest BCUT2D eigenvalue weighted by atomic mass is 10.1. The molecule has 1 aromatic rings. The van der Waals surface area contributed by atoms with Crippen LogP contribution in [-0.4, -0.2) is 13.2 Å². The predicted octanol–water partition coefficient (Wildman–Crippen LogP) is 1.66. The van der Waals surface area contributed by atoms with E-state index in [4.69, 9.17) is 9.57 Å². The molecular weight excluding hydrogens is 166 g/mol. The van der Waals surface area contributed by atoms with Crippen LogP contribution in [0, 0.1) is 0 Å². The Labute approximate surface area is 77.6 Å². The lowest BCUT2D eigenvalue weighted by Gasteiger charge is -2.14. The number of nitrogens with one attached hydrogen (secondary N) is 1. The number of benzene rings is 1. The minimum atomic E-state index is 0.123. The van der Waals surface area contributed by atoms with Gasteiger partial charge in [-0.15, -0.1) is 0 Å². The van der Waals surface area contributed by atoms with Crippen molar-refractivity contribution in [1.82, 2.24) is 5.48 Å². The quantitative estimate of drug-likeness (QED) is 0.700. The molecule has 0 aromatic heterocycles. The lowest BCUT2D eigenvalue weighted by molar-refractivity contribution is 0.0339. The summed E-state index contributed by atoms with van der Waals surface area (Å²) in [5, 5.41) is 0. The summed E-state index contributed by atoms with van der Waals surface area (Å²) in [6, 6.07) is 8.14. The zero-order chi connectivity index (χ0) is 9.26. The lowest BCUT2D eigenvalue weighted by Crippen LogP contribution is -2.27. The summed E-state index contributed by atoms with van der Waals surface area (Å²) >= 11 is 0. The highest BCUT2D eigenvalue weighted by Crippen LogP contribution is 2.35. The van der Waals surface area contributed by atoms with E-state index in [1.54, 1.807) is 7.11 Å². The molecule has 0 radical (unpaired) electrons. The topological polar surface area (TPSA) is 30.5 Å². The van der Waals surface area contributed by atoms with Crippen molar-refractivity contribution in [2.45, 2.75) is 19.1 Å². The second kappa shape index (κ2) is 3.36. The molecule has 1 aliphatic heterocycles. The van der Waals surface area contributed by atoms with E-state index in [1.165, 1.54) is 0 Å². The molecule has 0 amide bonds. The standard InChI is InChI=1S/C10H13NO2/c1-7-10(11-12-2)8-5-3-4-6-9(8)13-7/h3-7,10-11H,1-2H3. The van der Waals surface area contributed by atoms with Crippen LogP contribution >= 0.6 is 0 Å². The minimum absolute atomic E-state index is 0.123. The van der Waals surface area contributed by atoms with Crippen molar-refractivity contribution in [3.8, 4) is 5.75 Å². The summed E-state index contributed by atoms with van der Waals surface area (Å²) < 4.78 is 5.63. The molecule has 2 rings (SSSR count). The summed E-state index contributed by atoms with van der Waals surface area (Å²) in [6.45, 7) is 2.02. The first-order valence-corrected chi connectivity index (χ1v) is 4.37. The number of para-hydroxylation sites is 1. The minimum Gasteiger partial charge on any atom is -0.488 e. The van der Waals surface area contributed by atoms with Gasteiger partial charge in [0.15, 0.2) is 0 Å². The van der Waals surface area contributed by atoms with E-state index in [2.05, 4.69) is 11.5 Å². The van der Waals surface area contributed by atoms with Crippen LogP contribution in [0.25, 0.3) is 0 Å². The molecule has 0 saturated carbocycles. The van der Waals surface area contributed by atoms with Crippen molar-refractivity contribution in [2.75, 3.05) is 7.11 Å². The predicted molar refractivity (Wildman–Crippen MR) is 49.4 cm³/mol. The maximum Gasteiger partial charge on any atom is 0.124 e. The molecular formula is C10H13NO2. The number of fused-ring (bicyclic) bond motifs is 1. The Morgan fingerprint density at radius 1 is 1.38 bits per heavy atom. The highest BCUT2D eigenvalue weighted by Gasteiger charge is 2.30. The summed E-state index contributed by atoms with van der Waals surface area (Å²) in [5.41, 5.74) is 4.09. The maximum absolute atomic E-state index is 5.63. The van der Waals surface area contributed by atoms with Gasteiger partial charge in [0, 0.05) is 5.56 Å². The third-order valence-corrected chi connectivity index (χ3v) is 2.28. The Morgan fingerprint density at radius 2 is 2.15 bits per heavy atom. The van der Waals surface area contributed by atoms with E-state index in [0.717, 1.165) is 11.3 Å². The molecule has 0 bridgehead atoms. The van der Waals surface area contributed by atoms with E-state index in [1.807, 2.05) is 25.1 Å². The molecule has 3 heteroatoms. The van der Waals surface area contributed by atoms with Crippen LogP contribution in [0.3, 0.4) is 0 Å². The van der Waals surface area contributed by atoms with Crippen molar-refractivity contribution < 1.29 is 9.57 Å². The van der Waals surface area contributed by atoms with Crippen LogP contribution in [0.1, 0.15) is 18.5 Å². The summed E-state index contributed by atoms with van der Waals surface area (Å²) in [6.07, 6.45) is 0.123. The second-order valence-electron chi connectivity index (χ2n) is 3.16. The summed E-state index contributed by atoms with van der Waals surface area (Å²) in [5.74, 6) is 0.949. The molecule has 1 aliphatic rings. The van der Waals surface area contributed by atoms with Gasteiger partial charge in [-0.05, 0) is 13.0 Å². The van der Waals surface area contributed by atoms with Crippen LogP contribution in [0.4, 0.5) is 0 Å². The Bertz CT molecular complexity index is 301. The summed E-state index contributed by atoms with van der Waals surface area (Å²) in [4.78, 5) is 4.92. The fourth-order valence-corrected chi connectivity index (χ4v) is 1.65. The number of hydrogen-bond donors (Lipinski definition) is 1. The Balaban J connectivity index is 2.29. The van der Waals surface area contributed by atoms with Gasteiger partial charge in [-0.3, -0.25) is 0 Å². The third kappa shape index (κ3) is 1.41. The number of hydroxylamine groups is 1. The van der Waals surface area contributed by atoms with E-state index in [0.29, 0.717) is 0 Å². The molecule has 1 aromatic carbocycles. The van der Waals surface area contributed by atoms with Gasteiger partial charge in [0.05, 0.1) is 13.2 Å². The Morgan fingerprint density at radius 3 is 2.92 bits per heavy atom. The number of hydrogen-bond acceptors (Lipinski definition) is 3. The van der Waals surface area contributed by atoms with Crippen molar-refractivity contribution in [3.05, 3.63) is 29.8 Å². The fraction of sp³-hybridized carbons (Fsp3) is 0.400. The van der Waals surface area contributed by atoms with Gasteiger partial charge in [-0.25, -0.2) is 0 Å². The van der Waals surface area contributed by atoms with E-state index < -0.39 is 0 Å². The van der Waals surface area contributed by atoms with Crippen LogP contribution in [0.2, 0.25) is 0 Å². The van der Waals surface area contributed by atoms with Gasteiger partial charge in [0.2, 0.25) is 0 Å². The molecule has 13 heavy (non-hydrogen) atoms. The van der Waals surface area contributed by atoms with Crippen LogP contribution in [0.15, 0.2) is 24.3 Å². The summed E-state index contributed by atoms with van der Waals surface area (Å²) in [7, 11) is 1.62. The molecule has 0 fully saturated rings. The van der Waals surface area contributed by atoms with Gasteiger partial charge in [-0.2, -0.15) is 5.48 Å². The monoisotopic (exact) mass is 179 g/mol. The van der Waals surface area contributed by atoms with Gasteiger partial charge < -0.3 is 9.57 Å². The number of ether oxygens (including phenoxy) is 1. The molecule has 3 nitrogen and oxygen atoms in total. The van der Waals surface area contributed by atoms with Gasteiger partial charge in [-0.1, -0.05) is 18.2 Å². The first-order chi connectivity index (χ1) is 6.33. The van der Waals surface area contributed by atoms with Crippen LogP contribution < -0.4 is 10.2 Å². The van der Waals surface area contributed by atoms with Gasteiger partial charge in [0.25, 0.3) is 0 Å². The molecule has 2 unspecified atom stereocenters. The molecule has 0 aliphatic carbocycles. The first-order valence-electron chi connectivity index (χ1n) is 4.37. The third-order valence-electron chi connectivity index (χ3n) is 2.28. The average Bonchev–Trinajstić information content (AvgIpc) is 2.44. The van der Waals surface area contributed by atoms with Crippen LogP contribution in [0.5, 0.6) is 5.75 Å². The smallest absolute Gasteiger partial charge is 0.124 e. The molecule has 2 atom stereocenters. The van der Waals surface area contributed by atoms with Crippen molar-refractivity contribution in [3.63, 3.8) is 0 Å². The van der Waals surface area contributed by atoms with E-state index in [9.17, 15) is 0 Å². The Kier molecular flexibility index (Phi) is 2.20. The van der Waals surface area contributed by atoms with E-state index in [-0.39, 0.29) is 12.1 Å². The second-order valence-corrected chi connectivity index (χ2v) is 3.16. The first kappa shape index (κ1) is 8.53. The van der Waals surface area contributed by atoms with Gasteiger partial charge in [0.1, 0.15) is 11.9 Å². The molecule has 1 heterocycles. The SMILES string of the molecule is CONC1c2ccccc2OC1C. The average molecular weight is 179 g/mol. The normalized spacial score (nSPS) is 25.4. The van der Waals surface area contributed by atoms with Crippen LogP contribution in [-0.2, 0) is 4.84 Å². The van der Waals surface area contributed by atoms with E-state index >= 15 is 0 Å². The largest absolute Gasteiger partial charge is 0.488 e. The zero-order valence-electron chi connectivity index (χ0n) is 7.78. The molecule has 0 saturated heterocycles. The molecule has 1 N–H and O–H groups in total. The maximum atomic E-state index is 5.63.